The summed E-state index contributed by atoms with van der Waals surface area (Å²) >= 11 is 0. The van der Waals surface area contributed by atoms with Gasteiger partial charge in [-0.2, -0.15) is 0 Å². The molecule has 4 nitrogen and oxygen atoms in total. The fourth-order valence-electron chi connectivity index (χ4n) is 2.44. The lowest BCUT2D eigenvalue weighted by Gasteiger charge is -2.15. The van der Waals surface area contributed by atoms with Gasteiger partial charge in [-0.3, -0.25) is 4.79 Å². The summed E-state index contributed by atoms with van der Waals surface area (Å²) in [5.74, 6) is 0.0686. The molecule has 0 bridgehead atoms. The second-order valence-corrected chi connectivity index (χ2v) is 5.12. The van der Waals surface area contributed by atoms with E-state index in [0.29, 0.717) is 13.1 Å². The quantitative estimate of drug-likeness (QED) is 0.849. The average Bonchev–Trinajstić information content (AvgIpc) is 2.86. The second kappa shape index (κ2) is 6.57. The number of aromatic nitrogens is 1. The van der Waals surface area contributed by atoms with Crippen LogP contribution < -0.4 is 11.1 Å². The molecule has 4 heteroatoms. The van der Waals surface area contributed by atoms with E-state index in [1.165, 1.54) is 0 Å². The summed E-state index contributed by atoms with van der Waals surface area (Å²) in [7, 11) is 0. The molecule has 1 aromatic carbocycles. The number of carbonyl (C=O) groups excluding carboxylic acids is 1. The number of hydrogen-bond acceptors (Lipinski definition) is 2. The van der Waals surface area contributed by atoms with Crippen molar-refractivity contribution in [3.05, 3.63) is 36.0 Å². The van der Waals surface area contributed by atoms with Crippen LogP contribution in [0.5, 0.6) is 0 Å². The van der Waals surface area contributed by atoms with E-state index < -0.39 is 0 Å². The van der Waals surface area contributed by atoms with E-state index in [9.17, 15) is 4.79 Å². The van der Waals surface area contributed by atoms with E-state index in [0.717, 1.165) is 29.3 Å². The van der Waals surface area contributed by atoms with Gasteiger partial charge in [0, 0.05) is 24.3 Å². The normalized spacial score (nSPS) is 11.2. The zero-order valence-electron chi connectivity index (χ0n) is 12.2. The van der Waals surface area contributed by atoms with Gasteiger partial charge in [-0.15, -0.1) is 0 Å². The van der Waals surface area contributed by atoms with Gasteiger partial charge >= 0.3 is 0 Å². The van der Waals surface area contributed by atoms with Crippen molar-refractivity contribution < 1.29 is 4.79 Å². The molecule has 0 fully saturated rings. The van der Waals surface area contributed by atoms with Gasteiger partial charge in [0.1, 0.15) is 6.54 Å². The number of hydrogen-bond donors (Lipinski definition) is 2. The molecular weight excluding hydrogens is 250 g/mol. The number of carbonyl (C=O) groups is 1. The first-order valence-electron chi connectivity index (χ1n) is 7.25. The smallest absolute Gasteiger partial charge is 0.240 e. The van der Waals surface area contributed by atoms with E-state index in [2.05, 4.69) is 25.2 Å². The highest BCUT2D eigenvalue weighted by atomic mass is 16.2. The van der Waals surface area contributed by atoms with Gasteiger partial charge in [0.05, 0.1) is 0 Å². The minimum absolute atomic E-state index is 0.0686. The molecule has 0 atom stereocenters. The van der Waals surface area contributed by atoms with Crippen LogP contribution in [0.3, 0.4) is 0 Å². The van der Waals surface area contributed by atoms with Gasteiger partial charge in [0.15, 0.2) is 0 Å². The number of nitrogens with two attached hydrogens (primary N) is 1. The molecule has 0 aliphatic carbocycles. The third kappa shape index (κ3) is 3.20. The van der Waals surface area contributed by atoms with Crippen LogP contribution in [0.4, 0.5) is 0 Å². The van der Waals surface area contributed by atoms with Crippen molar-refractivity contribution in [3.63, 3.8) is 0 Å². The van der Waals surface area contributed by atoms with E-state index in [-0.39, 0.29) is 11.9 Å². The van der Waals surface area contributed by atoms with Gasteiger partial charge in [0.2, 0.25) is 5.91 Å². The minimum Gasteiger partial charge on any atom is -0.352 e. The number of amides is 1. The lowest BCUT2D eigenvalue weighted by molar-refractivity contribution is -0.122. The van der Waals surface area contributed by atoms with Gasteiger partial charge in [-0.1, -0.05) is 19.9 Å². The van der Waals surface area contributed by atoms with Gasteiger partial charge in [-0.05, 0) is 42.0 Å². The van der Waals surface area contributed by atoms with E-state index in [1.54, 1.807) is 0 Å². The predicted molar refractivity (Wildman–Crippen MR) is 82.3 cm³/mol. The third-order valence-electron chi connectivity index (χ3n) is 3.74. The van der Waals surface area contributed by atoms with Gasteiger partial charge in [-0.25, -0.2) is 0 Å². The van der Waals surface area contributed by atoms with Crippen molar-refractivity contribution in [2.75, 3.05) is 0 Å². The molecule has 0 saturated heterocycles. The molecule has 0 spiro atoms. The average molecular weight is 273 g/mol. The molecule has 1 amide bonds. The molecule has 3 N–H and O–H groups in total. The van der Waals surface area contributed by atoms with Crippen molar-refractivity contribution in [3.8, 4) is 0 Å². The highest BCUT2D eigenvalue weighted by Crippen LogP contribution is 2.17. The number of rotatable bonds is 6. The second-order valence-electron chi connectivity index (χ2n) is 5.12. The molecule has 20 heavy (non-hydrogen) atoms. The summed E-state index contributed by atoms with van der Waals surface area (Å²) in [5.41, 5.74) is 7.82. The zero-order valence-corrected chi connectivity index (χ0v) is 12.2. The Morgan fingerprint density at radius 2 is 2.05 bits per heavy atom. The van der Waals surface area contributed by atoms with E-state index in [1.807, 2.05) is 29.0 Å². The van der Waals surface area contributed by atoms with Crippen LogP contribution in [-0.2, 0) is 17.9 Å². The van der Waals surface area contributed by atoms with Crippen LogP contribution in [-0.4, -0.2) is 16.5 Å². The Labute approximate surface area is 120 Å². The van der Waals surface area contributed by atoms with Crippen LogP contribution in [0.15, 0.2) is 30.5 Å². The Balaban J connectivity index is 2.12. The number of nitrogens with zero attached hydrogens (tertiary/aromatic N) is 1. The molecule has 0 aliphatic heterocycles. The first-order valence-corrected chi connectivity index (χ1v) is 7.25. The molecule has 0 aliphatic rings. The molecule has 1 heterocycles. The molecular formula is C16H23N3O. The summed E-state index contributed by atoms with van der Waals surface area (Å²) in [5, 5.41) is 4.19. The first-order chi connectivity index (χ1) is 9.67. The Hall–Kier alpha value is -1.81. The fraction of sp³-hybridized carbons (Fsp3) is 0.438. The van der Waals surface area contributed by atoms with Crippen LogP contribution in [0.2, 0.25) is 0 Å². The number of benzene rings is 1. The highest BCUT2D eigenvalue weighted by Gasteiger charge is 2.10. The Kier molecular flexibility index (Phi) is 4.79. The summed E-state index contributed by atoms with van der Waals surface area (Å²) in [6.07, 6.45) is 3.89. The lowest BCUT2D eigenvalue weighted by atomic mass is 10.1. The summed E-state index contributed by atoms with van der Waals surface area (Å²) < 4.78 is 1.98. The molecule has 108 valence electrons. The molecule has 0 unspecified atom stereocenters. The predicted octanol–water partition coefficient (Wildman–Crippen LogP) is 2.40. The van der Waals surface area contributed by atoms with Crippen molar-refractivity contribution >= 4 is 16.8 Å². The zero-order chi connectivity index (χ0) is 14.5. The summed E-state index contributed by atoms with van der Waals surface area (Å²) in [6.45, 7) is 5.08. The van der Waals surface area contributed by atoms with Crippen LogP contribution in [0.1, 0.15) is 32.3 Å². The first kappa shape index (κ1) is 14.6. The topological polar surface area (TPSA) is 60.0 Å². The fourth-order valence-corrected chi connectivity index (χ4v) is 2.44. The van der Waals surface area contributed by atoms with E-state index >= 15 is 0 Å². The maximum atomic E-state index is 12.1. The minimum atomic E-state index is 0.0686. The van der Waals surface area contributed by atoms with Gasteiger partial charge < -0.3 is 15.6 Å². The van der Waals surface area contributed by atoms with Crippen molar-refractivity contribution in [2.45, 2.75) is 45.8 Å². The third-order valence-corrected chi connectivity index (χ3v) is 3.74. The van der Waals surface area contributed by atoms with Crippen molar-refractivity contribution in [2.24, 2.45) is 5.73 Å². The molecule has 0 saturated carbocycles. The molecule has 2 rings (SSSR count). The van der Waals surface area contributed by atoms with Crippen molar-refractivity contribution in [1.82, 2.24) is 9.88 Å². The largest absolute Gasteiger partial charge is 0.352 e. The van der Waals surface area contributed by atoms with Crippen molar-refractivity contribution in [1.29, 1.82) is 0 Å². The summed E-state index contributed by atoms with van der Waals surface area (Å²) in [4.78, 5) is 12.1. The maximum Gasteiger partial charge on any atom is 0.240 e. The number of fused-ring (bicyclic) bond motifs is 1. The Morgan fingerprint density at radius 3 is 2.70 bits per heavy atom. The SMILES string of the molecule is CCC(CC)NC(=O)Cn1ccc2cc(CN)ccc21. The standard InChI is InChI=1S/C16H23N3O/c1-3-14(4-2)18-16(20)11-19-8-7-13-9-12(10-17)5-6-15(13)19/h5-9,14H,3-4,10-11,17H2,1-2H3,(H,18,20). The Bertz CT molecular complexity index is 584. The molecule has 1 aromatic heterocycles. The lowest BCUT2D eigenvalue weighted by Crippen LogP contribution is -2.36. The van der Waals surface area contributed by atoms with E-state index in [4.69, 9.17) is 5.73 Å². The van der Waals surface area contributed by atoms with Crippen LogP contribution in [0, 0.1) is 0 Å². The summed E-state index contributed by atoms with van der Waals surface area (Å²) in [6, 6.07) is 8.41. The highest BCUT2D eigenvalue weighted by molar-refractivity contribution is 5.84. The van der Waals surface area contributed by atoms with Gasteiger partial charge in [0.25, 0.3) is 0 Å². The Morgan fingerprint density at radius 1 is 1.30 bits per heavy atom. The number of nitrogens with one attached hydrogen (secondary N) is 1. The van der Waals surface area contributed by atoms with Crippen LogP contribution in [0.25, 0.3) is 10.9 Å². The molecule has 2 aromatic rings. The molecule has 0 radical (unpaired) electrons. The monoisotopic (exact) mass is 273 g/mol. The van der Waals surface area contributed by atoms with Crippen LogP contribution >= 0.6 is 0 Å². The maximum absolute atomic E-state index is 12.1.